The predicted octanol–water partition coefficient (Wildman–Crippen LogP) is 2.08. The first-order valence-corrected chi connectivity index (χ1v) is 7.27. The Labute approximate surface area is 149 Å². The van der Waals surface area contributed by atoms with E-state index in [2.05, 4.69) is 9.99 Å². The summed E-state index contributed by atoms with van der Waals surface area (Å²) in [5.41, 5.74) is -3.45. The molecule has 7 nitrogen and oxygen atoms in total. The molecular weight excluding hydrogens is 377 g/mol. The summed E-state index contributed by atoms with van der Waals surface area (Å²) < 4.78 is 39.5. The minimum absolute atomic E-state index is 0.00421. The molecule has 0 aliphatic rings. The second-order valence-electron chi connectivity index (χ2n) is 4.91. The Balaban J connectivity index is 2.58. The maximum atomic E-state index is 12.9. The molecule has 0 radical (unpaired) electrons. The van der Waals surface area contributed by atoms with E-state index in [0.717, 1.165) is 13.3 Å². The summed E-state index contributed by atoms with van der Waals surface area (Å²) in [6.07, 6.45) is -3.70. The zero-order chi connectivity index (χ0) is 19.5. The maximum Gasteiger partial charge on any atom is 0.431 e. The second-order valence-corrected chi connectivity index (χ2v) is 5.32. The van der Waals surface area contributed by atoms with Gasteiger partial charge in [0.05, 0.1) is 11.9 Å². The van der Waals surface area contributed by atoms with Gasteiger partial charge in [0.1, 0.15) is 11.8 Å². The quantitative estimate of drug-likeness (QED) is 0.457. The van der Waals surface area contributed by atoms with Crippen LogP contribution >= 0.6 is 11.6 Å². The molecule has 0 fully saturated rings. The zero-order valence-corrected chi connectivity index (χ0v) is 13.9. The molecule has 0 N–H and O–H groups in total. The van der Waals surface area contributed by atoms with Crippen molar-refractivity contribution in [2.45, 2.75) is 6.18 Å². The topological polar surface area (TPSA) is 89.4 Å². The third-order valence-electron chi connectivity index (χ3n) is 3.24. The fourth-order valence-electron chi connectivity index (χ4n) is 2.06. The van der Waals surface area contributed by atoms with Crippen molar-refractivity contribution in [2.24, 2.45) is 12.2 Å². The van der Waals surface area contributed by atoms with Crippen LogP contribution in [0.3, 0.4) is 0 Å². The van der Waals surface area contributed by atoms with E-state index in [-0.39, 0.29) is 22.9 Å². The largest absolute Gasteiger partial charge is 0.431 e. The second kappa shape index (κ2) is 7.45. The van der Waals surface area contributed by atoms with Gasteiger partial charge in [-0.1, -0.05) is 16.8 Å². The van der Waals surface area contributed by atoms with E-state index < -0.39 is 23.1 Å². The summed E-state index contributed by atoms with van der Waals surface area (Å²) in [5, 5.41) is 12.0. The van der Waals surface area contributed by atoms with E-state index in [1.54, 1.807) is 6.07 Å². The van der Waals surface area contributed by atoms with Crippen molar-refractivity contribution in [2.75, 3.05) is 6.61 Å². The van der Waals surface area contributed by atoms with Crippen molar-refractivity contribution >= 4 is 17.8 Å². The summed E-state index contributed by atoms with van der Waals surface area (Å²) in [5.74, 6) is 0. The average Bonchev–Trinajstić information content (AvgIpc) is 2.56. The van der Waals surface area contributed by atoms with Gasteiger partial charge in [-0.05, 0) is 18.2 Å². The van der Waals surface area contributed by atoms with Crippen molar-refractivity contribution in [3.05, 3.63) is 61.4 Å². The van der Waals surface area contributed by atoms with E-state index in [9.17, 15) is 22.8 Å². The molecule has 26 heavy (non-hydrogen) atoms. The van der Waals surface area contributed by atoms with Crippen LogP contribution < -0.4 is 11.2 Å². The number of aromatic nitrogens is 2. The van der Waals surface area contributed by atoms with Gasteiger partial charge in [-0.3, -0.25) is 9.36 Å². The molecule has 0 bridgehead atoms. The highest BCUT2D eigenvalue weighted by atomic mass is 35.5. The molecule has 0 aliphatic heterocycles. The molecule has 0 saturated heterocycles. The van der Waals surface area contributed by atoms with Gasteiger partial charge in [0, 0.05) is 23.7 Å². The third kappa shape index (κ3) is 3.94. The highest BCUT2D eigenvalue weighted by Gasteiger charge is 2.35. The first-order valence-electron chi connectivity index (χ1n) is 6.89. The van der Waals surface area contributed by atoms with Gasteiger partial charge in [0.2, 0.25) is 6.61 Å². The van der Waals surface area contributed by atoms with Gasteiger partial charge in [-0.25, -0.2) is 9.36 Å². The number of oxime groups is 1. The monoisotopic (exact) mass is 386 g/mol. The van der Waals surface area contributed by atoms with Crippen LogP contribution in [-0.4, -0.2) is 22.0 Å². The van der Waals surface area contributed by atoms with Crippen molar-refractivity contribution in [3.63, 3.8) is 0 Å². The van der Waals surface area contributed by atoms with Crippen LogP contribution in [0.2, 0.25) is 5.02 Å². The highest BCUT2D eigenvalue weighted by molar-refractivity contribution is 6.33. The molecule has 0 unspecified atom stereocenters. The third-order valence-corrected chi connectivity index (χ3v) is 3.59. The Hall–Kier alpha value is -3.06. The van der Waals surface area contributed by atoms with E-state index in [0.29, 0.717) is 15.2 Å². The number of alkyl halides is 3. The molecule has 0 aliphatic carbocycles. The molecule has 1 aromatic carbocycles. The minimum atomic E-state index is -4.85. The molecule has 0 spiro atoms. The van der Waals surface area contributed by atoms with E-state index in [1.807, 2.05) is 0 Å². The van der Waals surface area contributed by atoms with E-state index >= 15 is 0 Å². The molecule has 136 valence electrons. The lowest BCUT2D eigenvalue weighted by molar-refractivity contribution is -0.144. The molecule has 2 rings (SSSR count). The number of benzene rings is 1. The van der Waals surface area contributed by atoms with Crippen molar-refractivity contribution in [3.8, 4) is 11.8 Å². The number of nitriles is 1. The molecule has 2 aromatic rings. The van der Waals surface area contributed by atoms with Crippen molar-refractivity contribution in [1.29, 1.82) is 5.26 Å². The average molecular weight is 387 g/mol. The van der Waals surface area contributed by atoms with Crippen molar-refractivity contribution < 1.29 is 18.0 Å². The van der Waals surface area contributed by atoms with Gasteiger partial charge in [0.15, 0.2) is 0 Å². The van der Waals surface area contributed by atoms with Crippen LogP contribution in [0.15, 0.2) is 39.0 Å². The lowest BCUT2D eigenvalue weighted by Crippen LogP contribution is -2.40. The van der Waals surface area contributed by atoms with E-state index in [4.69, 9.17) is 16.9 Å². The van der Waals surface area contributed by atoms with Crippen LogP contribution in [-0.2, 0) is 18.1 Å². The fourth-order valence-corrected chi connectivity index (χ4v) is 2.23. The Bertz CT molecular complexity index is 1020. The standard InChI is InChI=1S/C15H10ClF3N4O3/c1-22-12(15(17,18)19)7-13(24)23(14(22)25)10-2-3-11(16)9(6-10)8-21-26-5-4-20/h2-3,6-8H,5H2,1H3/b21-8+. The number of halogens is 4. The van der Waals surface area contributed by atoms with Crippen LogP contribution in [0, 0.1) is 11.3 Å². The number of hydrogen-bond acceptors (Lipinski definition) is 5. The SMILES string of the molecule is Cn1c(C(F)(F)F)cc(=O)n(-c2ccc(Cl)c(/C=N/OCC#N)c2)c1=O. The lowest BCUT2D eigenvalue weighted by atomic mass is 10.2. The first kappa shape index (κ1) is 19.3. The van der Waals surface area contributed by atoms with Crippen LogP contribution in [0.25, 0.3) is 5.69 Å². The Morgan fingerprint density at radius 3 is 2.65 bits per heavy atom. The van der Waals surface area contributed by atoms with Gasteiger partial charge >= 0.3 is 11.9 Å². The molecular formula is C15H10ClF3N4O3. The summed E-state index contributed by atoms with van der Waals surface area (Å²) in [6.45, 7) is -0.299. The first-order chi connectivity index (χ1) is 12.2. The van der Waals surface area contributed by atoms with Gasteiger partial charge in [-0.2, -0.15) is 18.4 Å². The molecule has 0 atom stereocenters. The summed E-state index contributed by atoms with van der Waals surface area (Å²) in [4.78, 5) is 28.9. The predicted molar refractivity (Wildman–Crippen MR) is 86.5 cm³/mol. The highest BCUT2D eigenvalue weighted by Crippen LogP contribution is 2.27. The van der Waals surface area contributed by atoms with Crippen molar-refractivity contribution in [1.82, 2.24) is 9.13 Å². The van der Waals surface area contributed by atoms with E-state index in [1.165, 1.54) is 18.2 Å². The smallest absolute Gasteiger partial charge is 0.380 e. The van der Waals surface area contributed by atoms with Gasteiger partial charge in [-0.15, -0.1) is 0 Å². The summed E-state index contributed by atoms with van der Waals surface area (Å²) in [7, 11) is 0.912. The molecule has 0 saturated carbocycles. The summed E-state index contributed by atoms with van der Waals surface area (Å²) in [6, 6.07) is 5.94. The van der Waals surface area contributed by atoms with Gasteiger partial charge in [0.25, 0.3) is 5.56 Å². The minimum Gasteiger partial charge on any atom is -0.380 e. The number of nitrogens with zero attached hydrogens (tertiary/aromatic N) is 4. The Morgan fingerprint density at radius 2 is 2.04 bits per heavy atom. The molecule has 1 heterocycles. The molecule has 0 amide bonds. The maximum absolute atomic E-state index is 12.9. The van der Waals surface area contributed by atoms with Crippen LogP contribution in [0.1, 0.15) is 11.3 Å². The van der Waals surface area contributed by atoms with Crippen LogP contribution in [0.4, 0.5) is 13.2 Å². The lowest BCUT2D eigenvalue weighted by Gasteiger charge is -2.14. The molecule has 11 heteroatoms. The Morgan fingerprint density at radius 1 is 1.35 bits per heavy atom. The number of rotatable bonds is 4. The van der Waals surface area contributed by atoms with Gasteiger partial charge < -0.3 is 4.84 Å². The Kier molecular flexibility index (Phi) is 5.52. The van der Waals surface area contributed by atoms with Crippen LogP contribution in [0.5, 0.6) is 0 Å². The normalized spacial score (nSPS) is 11.5. The zero-order valence-electron chi connectivity index (χ0n) is 13.1. The fraction of sp³-hybridized carbons (Fsp3) is 0.200. The number of hydrogen-bond donors (Lipinski definition) is 0. The summed E-state index contributed by atoms with van der Waals surface area (Å²) >= 11 is 5.96. The molecule has 1 aromatic heterocycles.